The zero-order valence-electron chi connectivity index (χ0n) is 20.8. The van der Waals surface area contributed by atoms with Gasteiger partial charge in [0, 0.05) is 42.1 Å². The number of ether oxygens (including phenoxy) is 1. The van der Waals surface area contributed by atoms with Crippen LogP contribution in [0.4, 0.5) is 11.8 Å². The van der Waals surface area contributed by atoms with Gasteiger partial charge >= 0.3 is 0 Å². The van der Waals surface area contributed by atoms with E-state index in [-0.39, 0.29) is 12.6 Å². The molecule has 36 heavy (non-hydrogen) atoms. The Kier molecular flexibility index (Phi) is 7.11. The number of unbranched alkanes of at least 4 members (excludes halogenated alkanes) is 1. The van der Waals surface area contributed by atoms with Crippen molar-refractivity contribution in [2.24, 2.45) is 4.58 Å². The van der Waals surface area contributed by atoms with Gasteiger partial charge < -0.3 is 25.8 Å². The highest BCUT2D eigenvalue weighted by Crippen LogP contribution is 2.80. The second-order valence-corrected chi connectivity index (χ2v) is 12.2. The molecule has 3 aromatic rings. The molecular formula is C24H34N8O3S. The topological polar surface area (TPSA) is 144 Å². The Labute approximate surface area is 211 Å². The van der Waals surface area contributed by atoms with Crippen molar-refractivity contribution in [3.8, 4) is 0 Å². The van der Waals surface area contributed by atoms with Crippen molar-refractivity contribution < 1.29 is 9.84 Å². The molecule has 2 aromatic heterocycles. The Morgan fingerprint density at radius 2 is 2.11 bits per heavy atom. The summed E-state index contributed by atoms with van der Waals surface area (Å²) in [4.78, 5) is 24.9. The first kappa shape index (κ1) is 24.9. The first-order valence-corrected chi connectivity index (χ1v) is 14.4. The highest BCUT2D eigenvalue weighted by atomic mass is 32.3. The van der Waals surface area contributed by atoms with Crippen molar-refractivity contribution in [1.82, 2.24) is 25.1 Å². The molecule has 1 saturated heterocycles. The number of nitroso groups, excluding NO2 is 1. The molecule has 2 aliphatic heterocycles. The van der Waals surface area contributed by atoms with Crippen LogP contribution in [0, 0.1) is 4.91 Å². The number of nitrogens with one attached hydrogen (secondary N) is 1. The zero-order valence-corrected chi connectivity index (χ0v) is 21.6. The third kappa shape index (κ3) is 4.65. The van der Waals surface area contributed by atoms with Gasteiger partial charge in [-0.15, -0.1) is 4.91 Å². The Balaban J connectivity index is 1.42. The molecular weight excluding hydrogens is 480 g/mol. The van der Waals surface area contributed by atoms with Crippen molar-refractivity contribution in [2.45, 2.75) is 55.1 Å². The van der Waals surface area contributed by atoms with Crippen molar-refractivity contribution in [3.63, 3.8) is 0 Å². The van der Waals surface area contributed by atoms with E-state index >= 15 is 0 Å². The second-order valence-electron chi connectivity index (χ2n) is 9.46. The summed E-state index contributed by atoms with van der Waals surface area (Å²) in [7, 11) is -1.80. The molecule has 2 aliphatic rings. The minimum atomic E-state index is -1.80. The molecule has 2 unspecified atom stereocenters. The molecule has 11 nitrogen and oxygen atoms in total. The molecule has 0 amide bonds. The number of nitrogens with two attached hydrogens (primary N) is 1. The number of anilines is 2. The zero-order chi connectivity index (χ0) is 25.3. The van der Waals surface area contributed by atoms with E-state index < -0.39 is 10.2 Å². The van der Waals surface area contributed by atoms with Crippen LogP contribution in [0.1, 0.15) is 37.3 Å². The molecule has 0 bridgehead atoms. The van der Waals surface area contributed by atoms with Gasteiger partial charge in [-0.2, -0.15) is 10.1 Å². The highest BCUT2D eigenvalue weighted by Gasteiger charge is 2.48. The van der Waals surface area contributed by atoms with Gasteiger partial charge in [0.1, 0.15) is 5.52 Å². The average molecular weight is 515 g/mol. The van der Waals surface area contributed by atoms with Gasteiger partial charge in [0.15, 0.2) is 11.3 Å². The van der Waals surface area contributed by atoms with Crippen LogP contribution in [0.2, 0.25) is 0 Å². The molecule has 194 valence electrons. The number of nitrogens with zero attached hydrogens (tertiary/aromatic N) is 6. The SMILES string of the molecule is CCCCN(CCO)c1nc(N)nc2cn(Cc3ccc(CNC4CCOC4)c4c3S4(C)N=O)nc12. The molecule has 1 aromatic carbocycles. The summed E-state index contributed by atoms with van der Waals surface area (Å²) >= 11 is 0. The number of rotatable bonds is 12. The van der Waals surface area contributed by atoms with E-state index in [9.17, 15) is 10.0 Å². The Hall–Kier alpha value is -2.80. The summed E-state index contributed by atoms with van der Waals surface area (Å²) in [6.45, 7) is 6.05. The summed E-state index contributed by atoms with van der Waals surface area (Å²) in [5, 5.41) is 17.9. The van der Waals surface area contributed by atoms with Crippen LogP contribution >= 0.6 is 10.2 Å². The number of aromatic nitrogens is 4. The quantitative estimate of drug-likeness (QED) is 0.245. The number of aliphatic hydroxyl groups excluding tert-OH is 1. The fourth-order valence-electron chi connectivity index (χ4n) is 4.96. The third-order valence-electron chi connectivity index (χ3n) is 6.88. The largest absolute Gasteiger partial charge is 0.395 e. The van der Waals surface area contributed by atoms with E-state index in [0.29, 0.717) is 42.5 Å². The van der Waals surface area contributed by atoms with E-state index in [1.165, 1.54) is 0 Å². The van der Waals surface area contributed by atoms with Gasteiger partial charge in [-0.25, -0.2) is 4.98 Å². The maximum atomic E-state index is 11.9. The number of hydrogen-bond acceptors (Lipinski definition) is 10. The lowest BCUT2D eigenvalue weighted by molar-refractivity contribution is 0.190. The number of hydrogen-bond donors (Lipinski definition) is 3. The molecule has 0 aliphatic carbocycles. The molecule has 5 rings (SSSR count). The summed E-state index contributed by atoms with van der Waals surface area (Å²) in [5.74, 6) is 0.812. The van der Waals surface area contributed by atoms with Crippen molar-refractivity contribution >= 4 is 33.0 Å². The molecule has 0 saturated carbocycles. The second kappa shape index (κ2) is 10.3. The number of nitrogen functional groups attached to an aromatic ring is 1. The summed E-state index contributed by atoms with van der Waals surface area (Å²) in [5.41, 5.74) is 9.51. The fraction of sp³-hybridized carbons (Fsp3) is 0.542. The lowest BCUT2D eigenvalue weighted by Crippen LogP contribution is -2.29. The normalized spacial score (nSPS) is 22.4. The van der Waals surface area contributed by atoms with Gasteiger partial charge in [0.25, 0.3) is 0 Å². The smallest absolute Gasteiger partial charge is 0.222 e. The Morgan fingerprint density at radius 3 is 2.83 bits per heavy atom. The van der Waals surface area contributed by atoms with Crippen LogP contribution in [0.25, 0.3) is 11.0 Å². The third-order valence-corrected chi connectivity index (χ3v) is 9.50. The molecule has 12 heteroatoms. The maximum absolute atomic E-state index is 11.9. The van der Waals surface area contributed by atoms with E-state index in [4.69, 9.17) is 15.6 Å². The van der Waals surface area contributed by atoms with Crippen molar-refractivity contribution in [1.29, 1.82) is 0 Å². The average Bonchev–Trinajstić information content (AvgIpc) is 3.21. The van der Waals surface area contributed by atoms with E-state index in [0.717, 1.165) is 59.9 Å². The van der Waals surface area contributed by atoms with Crippen LogP contribution in [0.5, 0.6) is 0 Å². The molecule has 4 N–H and O–H groups in total. The fourth-order valence-corrected chi connectivity index (χ4v) is 7.59. The van der Waals surface area contributed by atoms with Crippen molar-refractivity contribution in [2.75, 3.05) is 49.8 Å². The van der Waals surface area contributed by atoms with Crippen LogP contribution in [0.15, 0.2) is 32.7 Å². The van der Waals surface area contributed by atoms with Gasteiger partial charge in [-0.3, -0.25) is 4.68 Å². The predicted molar refractivity (Wildman–Crippen MR) is 141 cm³/mol. The first-order chi connectivity index (χ1) is 17.5. The molecule has 4 heterocycles. The Morgan fingerprint density at radius 1 is 1.31 bits per heavy atom. The Bertz CT molecular complexity index is 1260. The van der Waals surface area contributed by atoms with Gasteiger partial charge in [0.05, 0.1) is 26.0 Å². The van der Waals surface area contributed by atoms with Gasteiger partial charge in [-0.1, -0.05) is 35.7 Å². The monoisotopic (exact) mass is 514 g/mol. The predicted octanol–water partition coefficient (Wildman–Crippen LogP) is 2.78. The van der Waals surface area contributed by atoms with Crippen LogP contribution < -0.4 is 16.0 Å². The first-order valence-electron chi connectivity index (χ1n) is 12.4. The lowest BCUT2D eigenvalue weighted by atomic mass is 10.1. The number of benzene rings is 1. The number of fused-ring (bicyclic) bond motifs is 2. The summed E-state index contributed by atoms with van der Waals surface area (Å²) in [6.07, 6.45) is 6.82. The minimum Gasteiger partial charge on any atom is -0.395 e. The van der Waals surface area contributed by atoms with Crippen LogP contribution in [-0.4, -0.2) is 70.1 Å². The molecule has 1 fully saturated rings. The molecule has 0 spiro atoms. The van der Waals surface area contributed by atoms with Gasteiger partial charge in [-0.05, 0) is 34.8 Å². The standard InChI is InChI=1S/C24H34N8O3S/c1-3-4-8-31(9-10-33)23-20-19(27-24(25)28-23)14-32(29-20)13-17-6-5-16(12-26-18-7-11-35-15-18)21-22(17)36(21,2)30-34/h5-6,14,18,26,33H,3-4,7-13,15H2,1-2H3,(H2,25,27). The van der Waals surface area contributed by atoms with E-state index in [2.05, 4.69) is 38.9 Å². The lowest BCUT2D eigenvalue weighted by Gasteiger charge is -2.22. The van der Waals surface area contributed by atoms with Crippen molar-refractivity contribution in [3.05, 3.63) is 34.4 Å². The molecule has 2 atom stereocenters. The summed E-state index contributed by atoms with van der Waals surface area (Å²) in [6, 6.07) is 4.53. The minimum absolute atomic E-state index is 0.0109. The van der Waals surface area contributed by atoms with Crippen LogP contribution in [0.3, 0.4) is 0 Å². The number of aliphatic hydroxyl groups is 1. The van der Waals surface area contributed by atoms with Gasteiger partial charge in [0.2, 0.25) is 5.95 Å². The van der Waals surface area contributed by atoms with E-state index in [1.54, 1.807) is 0 Å². The highest BCUT2D eigenvalue weighted by molar-refractivity contribution is 8.36. The molecule has 0 radical (unpaired) electrons. The van der Waals surface area contributed by atoms with E-state index in [1.807, 2.05) is 22.0 Å². The summed E-state index contributed by atoms with van der Waals surface area (Å²) < 4.78 is 10.8. The maximum Gasteiger partial charge on any atom is 0.222 e. The van der Waals surface area contributed by atoms with Crippen LogP contribution in [-0.2, 0) is 17.8 Å².